The van der Waals surface area contributed by atoms with Gasteiger partial charge in [-0.3, -0.25) is 4.98 Å². The molecule has 0 N–H and O–H groups in total. The van der Waals surface area contributed by atoms with E-state index in [0.717, 1.165) is 10.6 Å². The molecule has 0 unspecified atom stereocenters. The van der Waals surface area contributed by atoms with E-state index in [4.69, 9.17) is 2.74 Å². The van der Waals surface area contributed by atoms with Crippen molar-refractivity contribution in [3.05, 3.63) is 41.9 Å². The van der Waals surface area contributed by atoms with Gasteiger partial charge in [-0.2, -0.15) is 0 Å². The summed E-state index contributed by atoms with van der Waals surface area (Å²) >= 11 is 1.37. The average molecular weight is 163 g/mol. The van der Waals surface area contributed by atoms with Crippen LogP contribution in [0, 0.1) is 0 Å². The van der Waals surface area contributed by atoms with Crippen LogP contribution in [0.25, 0.3) is 10.6 Å². The van der Waals surface area contributed by atoms with Crippen molar-refractivity contribution in [3.63, 3.8) is 0 Å². The summed E-state index contributed by atoms with van der Waals surface area (Å²) in [6.07, 6.45) is 0.262. The maximum absolute atomic E-state index is 7.36. The van der Waals surface area contributed by atoms with Crippen molar-refractivity contribution in [2.45, 2.75) is 0 Å². The van der Waals surface area contributed by atoms with Crippen LogP contribution in [0.3, 0.4) is 0 Å². The van der Waals surface area contributed by atoms with Crippen LogP contribution in [0.1, 0.15) is 2.74 Å². The third-order valence-electron chi connectivity index (χ3n) is 1.33. The summed E-state index contributed by atoms with van der Waals surface area (Å²) in [7, 11) is 0. The second kappa shape index (κ2) is 2.84. The van der Waals surface area contributed by atoms with E-state index in [1.54, 1.807) is 18.2 Å². The first-order chi connectivity index (χ1) is 6.25. The Balaban J connectivity index is 2.46. The number of rotatable bonds is 1. The SMILES string of the molecule is [2H]c1cccc(-c2ccc([2H])s2)n1. The van der Waals surface area contributed by atoms with E-state index in [1.165, 1.54) is 11.3 Å². The minimum atomic E-state index is 0.262. The topological polar surface area (TPSA) is 12.9 Å². The van der Waals surface area contributed by atoms with Gasteiger partial charge in [0.05, 0.1) is 13.3 Å². The highest BCUT2D eigenvalue weighted by atomic mass is 32.1. The molecule has 0 saturated heterocycles. The van der Waals surface area contributed by atoms with Gasteiger partial charge >= 0.3 is 0 Å². The maximum Gasteiger partial charge on any atom is 0.0840 e. The van der Waals surface area contributed by atoms with E-state index < -0.39 is 0 Å². The molecule has 2 aromatic heterocycles. The molecular formula is C9H7NS. The number of thiophene rings is 1. The average Bonchev–Trinajstić information content (AvgIpc) is 2.52. The molecule has 0 aromatic carbocycles. The van der Waals surface area contributed by atoms with Gasteiger partial charge in [-0.05, 0) is 23.6 Å². The molecule has 54 valence electrons. The Bertz CT molecular complexity index is 425. The predicted octanol–water partition coefficient (Wildman–Crippen LogP) is 2.81. The standard InChI is InChI=1S/C9H7NS/c1-2-6-10-8(4-1)9-5-3-7-11-9/h1-7H/i6D,7D. The van der Waals surface area contributed by atoms with Crippen molar-refractivity contribution in [2.24, 2.45) is 0 Å². The predicted molar refractivity (Wildman–Crippen MR) is 47.6 cm³/mol. The Hall–Kier alpha value is -1.15. The van der Waals surface area contributed by atoms with E-state index in [0.29, 0.717) is 5.36 Å². The highest BCUT2D eigenvalue weighted by Crippen LogP contribution is 2.21. The Labute approximate surface area is 72.2 Å². The van der Waals surface area contributed by atoms with Gasteiger partial charge in [0.15, 0.2) is 0 Å². The van der Waals surface area contributed by atoms with Crippen LogP contribution in [0.4, 0.5) is 0 Å². The third-order valence-corrected chi connectivity index (χ3v) is 2.15. The highest BCUT2D eigenvalue weighted by molar-refractivity contribution is 7.13. The van der Waals surface area contributed by atoms with Gasteiger partial charge in [0.2, 0.25) is 0 Å². The molecule has 2 rings (SSSR count). The van der Waals surface area contributed by atoms with Gasteiger partial charge in [-0.1, -0.05) is 12.1 Å². The zero-order valence-electron chi connectivity index (χ0n) is 7.74. The molecule has 0 amide bonds. The van der Waals surface area contributed by atoms with E-state index in [-0.39, 0.29) is 6.17 Å². The number of aromatic nitrogens is 1. The van der Waals surface area contributed by atoms with Crippen LogP contribution in [0.15, 0.2) is 41.9 Å². The lowest BCUT2D eigenvalue weighted by molar-refractivity contribution is 1.34. The highest BCUT2D eigenvalue weighted by Gasteiger charge is 1.95. The Morgan fingerprint density at radius 3 is 3.00 bits per heavy atom. The minimum Gasteiger partial charge on any atom is -0.255 e. The quantitative estimate of drug-likeness (QED) is 0.630. The number of hydrogen-bond acceptors (Lipinski definition) is 2. The lowest BCUT2D eigenvalue weighted by Crippen LogP contribution is -1.75. The molecule has 0 aliphatic carbocycles. The van der Waals surface area contributed by atoms with Crippen LogP contribution >= 0.6 is 11.3 Å². The zero-order valence-corrected chi connectivity index (χ0v) is 6.56. The number of pyridine rings is 1. The lowest BCUT2D eigenvalue weighted by atomic mass is 10.3. The second-order valence-corrected chi connectivity index (χ2v) is 2.95. The summed E-state index contributed by atoms with van der Waals surface area (Å²) in [5.74, 6) is 0. The molecule has 1 nitrogen and oxygen atoms in total. The van der Waals surface area contributed by atoms with E-state index in [2.05, 4.69) is 4.98 Å². The first kappa shape index (κ1) is 4.67. The van der Waals surface area contributed by atoms with E-state index in [1.807, 2.05) is 12.1 Å². The molecule has 0 aliphatic rings. The summed E-state index contributed by atoms with van der Waals surface area (Å²) < 4.78 is 14.7. The summed E-state index contributed by atoms with van der Waals surface area (Å²) in [5.41, 5.74) is 0.774. The third kappa shape index (κ3) is 1.30. The van der Waals surface area contributed by atoms with Crippen molar-refractivity contribution in [1.29, 1.82) is 0 Å². The summed E-state index contributed by atoms with van der Waals surface area (Å²) in [4.78, 5) is 4.99. The molecule has 0 aliphatic heterocycles. The van der Waals surface area contributed by atoms with Crippen molar-refractivity contribution >= 4 is 11.3 Å². The first-order valence-corrected chi connectivity index (χ1v) is 4.08. The smallest absolute Gasteiger partial charge is 0.0840 e. The van der Waals surface area contributed by atoms with E-state index >= 15 is 0 Å². The van der Waals surface area contributed by atoms with Gasteiger partial charge in [0.1, 0.15) is 0 Å². The summed E-state index contributed by atoms with van der Waals surface area (Å²) in [5, 5.41) is 0.521. The molecule has 0 fully saturated rings. The summed E-state index contributed by atoms with van der Waals surface area (Å²) in [6.45, 7) is 0. The second-order valence-electron chi connectivity index (χ2n) is 2.07. The van der Waals surface area contributed by atoms with Crippen molar-refractivity contribution in [1.82, 2.24) is 4.98 Å². The van der Waals surface area contributed by atoms with Gasteiger partial charge in [-0.25, -0.2) is 0 Å². The monoisotopic (exact) mass is 163 g/mol. The zero-order chi connectivity index (χ0) is 9.26. The van der Waals surface area contributed by atoms with Gasteiger partial charge < -0.3 is 0 Å². The van der Waals surface area contributed by atoms with Crippen molar-refractivity contribution < 1.29 is 2.74 Å². The molecule has 2 heterocycles. The summed E-state index contributed by atoms with van der Waals surface area (Å²) in [6, 6.07) is 8.88. The van der Waals surface area contributed by atoms with Gasteiger partial charge in [0.25, 0.3) is 0 Å². The van der Waals surface area contributed by atoms with Gasteiger partial charge in [-0.15, -0.1) is 11.3 Å². The van der Waals surface area contributed by atoms with Crippen LogP contribution in [0.5, 0.6) is 0 Å². The molecule has 11 heavy (non-hydrogen) atoms. The lowest BCUT2D eigenvalue weighted by Gasteiger charge is -1.92. The van der Waals surface area contributed by atoms with Crippen LogP contribution in [-0.2, 0) is 0 Å². The van der Waals surface area contributed by atoms with Crippen LogP contribution in [0.2, 0.25) is 0 Å². The van der Waals surface area contributed by atoms with Gasteiger partial charge in [0, 0.05) is 6.17 Å². The fraction of sp³-hybridized carbons (Fsp3) is 0. The minimum absolute atomic E-state index is 0.262. The largest absolute Gasteiger partial charge is 0.255 e. The Kier molecular flexibility index (Phi) is 1.21. The Morgan fingerprint density at radius 1 is 1.27 bits per heavy atom. The molecule has 0 spiro atoms. The molecule has 0 atom stereocenters. The fourth-order valence-corrected chi connectivity index (χ4v) is 1.46. The number of nitrogens with zero attached hydrogens (tertiary/aromatic N) is 1. The molecule has 0 bridgehead atoms. The molecule has 0 radical (unpaired) electrons. The van der Waals surface area contributed by atoms with Crippen LogP contribution < -0.4 is 0 Å². The van der Waals surface area contributed by atoms with Crippen LogP contribution in [-0.4, -0.2) is 4.98 Å². The van der Waals surface area contributed by atoms with E-state index in [9.17, 15) is 0 Å². The molecule has 2 aromatic rings. The normalized spacial score (nSPS) is 12.4. The Morgan fingerprint density at radius 2 is 2.27 bits per heavy atom. The maximum atomic E-state index is 7.36. The van der Waals surface area contributed by atoms with Crippen molar-refractivity contribution in [3.8, 4) is 10.6 Å². The first-order valence-electron chi connectivity index (χ1n) is 4.26. The van der Waals surface area contributed by atoms with Crippen molar-refractivity contribution in [2.75, 3.05) is 0 Å². The molecular weight excluding hydrogens is 154 g/mol. The molecule has 2 heteroatoms. The fourth-order valence-electron chi connectivity index (χ4n) is 0.842. The molecule has 0 saturated carbocycles. The number of hydrogen-bond donors (Lipinski definition) is 0.